The number of piperidine rings is 2. The maximum atomic E-state index is 13.2. The molecule has 1 spiro atoms. The smallest absolute Gasteiger partial charge is 0.232 e. The fraction of sp³-hybridized carbons (Fsp3) is 0.571. The second kappa shape index (κ2) is 4.24. The van der Waals surface area contributed by atoms with E-state index in [2.05, 4.69) is 34.1 Å². The lowest BCUT2D eigenvalue weighted by molar-refractivity contribution is -0.259. The number of benzene rings is 1. The van der Waals surface area contributed by atoms with E-state index in [0.29, 0.717) is 18.6 Å². The molecule has 1 aromatic carbocycles. The molecule has 6 atom stereocenters. The molecular weight excluding hydrogens is 328 g/mol. The van der Waals surface area contributed by atoms with Crippen molar-refractivity contribution in [2.75, 3.05) is 24.6 Å². The van der Waals surface area contributed by atoms with Crippen LogP contribution in [0.1, 0.15) is 24.8 Å². The predicted molar refractivity (Wildman–Crippen MR) is 94.6 cm³/mol. The van der Waals surface area contributed by atoms with Crippen LogP contribution in [0, 0.1) is 11.8 Å². The summed E-state index contributed by atoms with van der Waals surface area (Å²) in [6, 6.07) is 8.95. The SMILES string of the molecule is O=C1C[C@]2(O)OCC=C3CN4CC[C@]56c7ccccc7N1[C@H]5[C@H]2[C@H]3C[C@H]46. The number of aliphatic hydroxyl groups is 1. The number of ether oxygens (including phenoxy) is 1. The van der Waals surface area contributed by atoms with Gasteiger partial charge in [0.1, 0.15) is 0 Å². The van der Waals surface area contributed by atoms with Gasteiger partial charge in [-0.15, -0.1) is 0 Å². The monoisotopic (exact) mass is 350 g/mol. The van der Waals surface area contributed by atoms with Gasteiger partial charge in [0.05, 0.1) is 19.1 Å². The lowest BCUT2D eigenvalue weighted by atomic mass is 9.53. The van der Waals surface area contributed by atoms with E-state index >= 15 is 0 Å². The van der Waals surface area contributed by atoms with Crippen molar-refractivity contribution in [2.45, 2.75) is 42.5 Å². The summed E-state index contributed by atoms with van der Waals surface area (Å²) in [6.07, 6.45) is 4.40. The van der Waals surface area contributed by atoms with Crippen LogP contribution in [0.3, 0.4) is 0 Å². The van der Waals surface area contributed by atoms with Crippen LogP contribution in [-0.2, 0) is 14.9 Å². The van der Waals surface area contributed by atoms with E-state index in [4.69, 9.17) is 4.74 Å². The van der Waals surface area contributed by atoms with E-state index in [9.17, 15) is 9.90 Å². The van der Waals surface area contributed by atoms with E-state index in [1.165, 1.54) is 11.1 Å². The third-order valence-corrected chi connectivity index (χ3v) is 8.30. The summed E-state index contributed by atoms with van der Waals surface area (Å²) >= 11 is 0. The molecule has 3 saturated heterocycles. The lowest BCUT2D eigenvalue weighted by Gasteiger charge is -2.60. The number of para-hydroxylation sites is 1. The van der Waals surface area contributed by atoms with Crippen molar-refractivity contribution < 1.29 is 14.6 Å². The molecule has 1 N–H and O–H groups in total. The van der Waals surface area contributed by atoms with Gasteiger partial charge in [0.2, 0.25) is 5.91 Å². The van der Waals surface area contributed by atoms with Crippen LogP contribution < -0.4 is 4.90 Å². The first-order chi connectivity index (χ1) is 12.6. The lowest BCUT2D eigenvalue weighted by Crippen LogP contribution is -2.72. The maximum absolute atomic E-state index is 13.2. The highest BCUT2D eigenvalue weighted by atomic mass is 16.6. The van der Waals surface area contributed by atoms with Crippen LogP contribution >= 0.6 is 0 Å². The largest absolute Gasteiger partial charge is 0.365 e. The quantitative estimate of drug-likeness (QED) is 0.719. The van der Waals surface area contributed by atoms with Crippen molar-refractivity contribution in [3.05, 3.63) is 41.5 Å². The van der Waals surface area contributed by atoms with Gasteiger partial charge in [0.15, 0.2) is 5.79 Å². The number of amides is 1. The van der Waals surface area contributed by atoms with Crippen LogP contribution in [0.25, 0.3) is 0 Å². The Morgan fingerprint density at radius 2 is 2.15 bits per heavy atom. The summed E-state index contributed by atoms with van der Waals surface area (Å²) in [5, 5.41) is 11.5. The van der Waals surface area contributed by atoms with Crippen molar-refractivity contribution in [3.8, 4) is 0 Å². The number of rotatable bonds is 0. The van der Waals surface area contributed by atoms with Crippen molar-refractivity contribution in [2.24, 2.45) is 11.8 Å². The molecule has 0 unspecified atom stereocenters. The Balaban J connectivity index is 1.57. The number of fused-ring (bicyclic) bond motifs is 2. The van der Waals surface area contributed by atoms with Crippen molar-refractivity contribution >= 4 is 11.6 Å². The van der Waals surface area contributed by atoms with Crippen LogP contribution in [0.4, 0.5) is 5.69 Å². The first-order valence-electron chi connectivity index (χ1n) is 9.84. The molecule has 1 aliphatic carbocycles. The van der Waals surface area contributed by atoms with Gasteiger partial charge < -0.3 is 14.7 Å². The molecule has 134 valence electrons. The number of hydrogen-bond acceptors (Lipinski definition) is 4. The molecule has 0 radical (unpaired) electrons. The molecule has 4 fully saturated rings. The molecule has 6 aliphatic rings. The Hall–Kier alpha value is -1.69. The standard InChI is InChI=1S/C21H22N2O3/c24-17-10-21(25)18-13-9-16-20(6-7-22(16)11-12(13)5-8-26-21)14-3-1-2-4-15(14)23(17)19(18)20/h1-5,13,16,18-19,25H,6-11H2/t13-,16-,18+,19-,20+,21-/m0/s1. The van der Waals surface area contributed by atoms with Gasteiger partial charge in [0, 0.05) is 29.6 Å². The van der Waals surface area contributed by atoms with Gasteiger partial charge in [-0.05, 0) is 36.9 Å². The topological polar surface area (TPSA) is 53.0 Å². The van der Waals surface area contributed by atoms with Crippen molar-refractivity contribution in [3.63, 3.8) is 0 Å². The van der Waals surface area contributed by atoms with Crippen LogP contribution in [-0.4, -0.2) is 53.5 Å². The minimum atomic E-state index is -1.33. The molecule has 5 nitrogen and oxygen atoms in total. The van der Waals surface area contributed by atoms with Crippen molar-refractivity contribution in [1.82, 2.24) is 4.90 Å². The Labute approximate surface area is 152 Å². The van der Waals surface area contributed by atoms with Crippen molar-refractivity contribution in [1.29, 1.82) is 0 Å². The summed E-state index contributed by atoms with van der Waals surface area (Å²) < 4.78 is 5.99. The second-order valence-corrected chi connectivity index (χ2v) is 8.98. The van der Waals surface area contributed by atoms with E-state index in [1.54, 1.807) is 0 Å². The molecule has 2 bridgehead atoms. The highest BCUT2D eigenvalue weighted by Gasteiger charge is 2.73. The minimum absolute atomic E-state index is 0.0138. The molecule has 7 rings (SSSR count). The highest BCUT2D eigenvalue weighted by Crippen LogP contribution is 2.66. The summed E-state index contributed by atoms with van der Waals surface area (Å²) in [5.74, 6) is -1.02. The average Bonchev–Trinajstić information content (AvgIpc) is 3.11. The number of anilines is 1. The molecule has 1 amide bonds. The molecule has 1 aromatic rings. The summed E-state index contributed by atoms with van der Waals surface area (Å²) in [4.78, 5) is 17.9. The van der Waals surface area contributed by atoms with E-state index in [1.807, 2.05) is 6.07 Å². The third kappa shape index (κ3) is 1.33. The van der Waals surface area contributed by atoms with E-state index in [-0.39, 0.29) is 29.7 Å². The molecule has 5 aliphatic heterocycles. The molecular formula is C21H22N2O3. The highest BCUT2D eigenvalue weighted by molar-refractivity contribution is 5.99. The van der Waals surface area contributed by atoms with E-state index in [0.717, 1.165) is 31.6 Å². The minimum Gasteiger partial charge on any atom is -0.365 e. The first kappa shape index (κ1) is 14.4. The first-order valence-corrected chi connectivity index (χ1v) is 9.84. The average molecular weight is 350 g/mol. The molecule has 5 heteroatoms. The number of carbonyl (C=O) groups excluding carboxylic acids is 1. The Kier molecular flexibility index (Phi) is 2.34. The van der Waals surface area contributed by atoms with Gasteiger partial charge in [-0.25, -0.2) is 0 Å². The fourth-order valence-electron chi connectivity index (χ4n) is 7.55. The Morgan fingerprint density at radius 3 is 3.08 bits per heavy atom. The molecule has 26 heavy (non-hydrogen) atoms. The van der Waals surface area contributed by atoms with Gasteiger partial charge in [0.25, 0.3) is 0 Å². The number of hydrogen-bond donors (Lipinski definition) is 1. The Morgan fingerprint density at radius 1 is 1.27 bits per heavy atom. The zero-order valence-corrected chi connectivity index (χ0v) is 14.6. The molecule has 1 saturated carbocycles. The van der Waals surface area contributed by atoms with Gasteiger partial charge >= 0.3 is 0 Å². The van der Waals surface area contributed by atoms with Crippen LogP contribution in [0.5, 0.6) is 0 Å². The molecule has 5 heterocycles. The summed E-state index contributed by atoms with van der Waals surface area (Å²) in [6.45, 7) is 2.49. The van der Waals surface area contributed by atoms with Gasteiger partial charge in [-0.3, -0.25) is 9.69 Å². The van der Waals surface area contributed by atoms with Crippen LogP contribution in [0.15, 0.2) is 35.9 Å². The zero-order chi connectivity index (χ0) is 17.3. The molecule has 0 aromatic heterocycles. The van der Waals surface area contributed by atoms with Crippen LogP contribution in [0.2, 0.25) is 0 Å². The summed E-state index contributed by atoms with van der Waals surface area (Å²) in [7, 11) is 0. The van der Waals surface area contributed by atoms with E-state index < -0.39 is 5.79 Å². The second-order valence-electron chi connectivity index (χ2n) is 8.98. The summed E-state index contributed by atoms with van der Waals surface area (Å²) in [5.41, 5.74) is 3.77. The van der Waals surface area contributed by atoms with Gasteiger partial charge in [-0.2, -0.15) is 0 Å². The Bertz CT molecular complexity index is 897. The predicted octanol–water partition coefficient (Wildman–Crippen LogP) is 1.41. The maximum Gasteiger partial charge on any atom is 0.232 e. The van der Waals surface area contributed by atoms with Gasteiger partial charge in [-0.1, -0.05) is 29.8 Å². The number of carbonyl (C=O) groups is 1. The third-order valence-electron chi connectivity index (χ3n) is 8.30. The fourth-order valence-corrected chi connectivity index (χ4v) is 7.55. The normalized spacial score (nSPS) is 47.5. The zero-order valence-electron chi connectivity index (χ0n) is 14.6. The number of nitrogens with zero attached hydrogens (tertiary/aromatic N) is 2.